The van der Waals surface area contributed by atoms with E-state index < -0.39 is 0 Å². The number of fused-ring (bicyclic) bond motifs is 1. The first-order valence-corrected chi connectivity index (χ1v) is 8.10. The molecule has 1 aliphatic carbocycles. The van der Waals surface area contributed by atoms with Crippen molar-refractivity contribution < 1.29 is 5.21 Å². The van der Waals surface area contributed by atoms with Crippen LogP contribution in [0, 0.1) is 5.92 Å². The number of oxime groups is 1. The van der Waals surface area contributed by atoms with Crippen molar-refractivity contribution in [2.45, 2.75) is 57.0 Å². The molecule has 1 heterocycles. The predicted molar refractivity (Wildman–Crippen MR) is 84.5 cm³/mol. The van der Waals surface area contributed by atoms with Crippen LogP contribution in [0.1, 0.15) is 50.5 Å². The van der Waals surface area contributed by atoms with Crippen LogP contribution in [0.3, 0.4) is 0 Å². The zero-order valence-electron chi connectivity index (χ0n) is 12.6. The van der Waals surface area contributed by atoms with Crippen LogP contribution in [-0.4, -0.2) is 23.0 Å². The van der Waals surface area contributed by atoms with Gasteiger partial charge in [0.2, 0.25) is 0 Å². The zero-order valence-corrected chi connectivity index (χ0v) is 12.6. The van der Waals surface area contributed by atoms with Crippen molar-refractivity contribution >= 4 is 5.71 Å². The van der Waals surface area contributed by atoms with Gasteiger partial charge in [0.25, 0.3) is 0 Å². The Morgan fingerprint density at radius 2 is 2.05 bits per heavy atom. The molecule has 0 bridgehead atoms. The van der Waals surface area contributed by atoms with Gasteiger partial charge in [0.15, 0.2) is 0 Å². The summed E-state index contributed by atoms with van der Waals surface area (Å²) in [5.74, 6) is 0.777. The van der Waals surface area contributed by atoms with Crippen LogP contribution in [0.4, 0.5) is 0 Å². The lowest BCUT2D eigenvalue weighted by molar-refractivity contribution is 0.299. The van der Waals surface area contributed by atoms with Gasteiger partial charge in [-0.2, -0.15) is 0 Å². The lowest BCUT2D eigenvalue weighted by Gasteiger charge is -2.33. The van der Waals surface area contributed by atoms with Crippen molar-refractivity contribution in [3.63, 3.8) is 0 Å². The van der Waals surface area contributed by atoms with Gasteiger partial charge in [0.05, 0.1) is 5.71 Å². The molecular weight excluding hydrogens is 262 g/mol. The molecule has 3 rings (SSSR count). The zero-order chi connectivity index (χ0) is 14.7. The summed E-state index contributed by atoms with van der Waals surface area (Å²) >= 11 is 0. The van der Waals surface area contributed by atoms with E-state index in [0.29, 0.717) is 23.9 Å². The molecule has 0 aromatic heterocycles. The molecule has 4 nitrogen and oxygen atoms in total. The normalized spacial score (nSPS) is 34.0. The molecule has 1 aromatic rings. The molecule has 3 N–H and O–H groups in total. The number of hydrogen-bond donors (Lipinski definition) is 3. The fourth-order valence-electron chi connectivity index (χ4n) is 3.88. The molecule has 114 valence electrons. The summed E-state index contributed by atoms with van der Waals surface area (Å²) in [6.07, 6.45) is 5.52. The van der Waals surface area contributed by atoms with Gasteiger partial charge >= 0.3 is 0 Å². The van der Waals surface area contributed by atoms with Gasteiger partial charge in [-0.3, -0.25) is 10.9 Å². The fourth-order valence-corrected chi connectivity index (χ4v) is 3.88. The molecule has 0 spiro atoms. The first-order chi connectivity index (χ1) is 10.3. The second-order valence-electron chi connectivity index (χ2n) is 6.31. The maximum atomic E-state index is 9.48. The Hall–Kier alpha value is -1.39. The molecule has 1 aliphatic heterocycles. The van der Waals surface area contributed by atoms with Gasteiger partial charge in [0, 0.05) is 18.0 Å². The Morgan fingerprint density at radius 1 is 1.24 bits per heavy atom. The minimum Gasteiger partial charge on any atom is -0.411 e. The summed E-state index contributed by atoms with van der Waals surface area (Å²) in [4.78, 5) is 0. The summed E-state index contributed by atoms with van der Waals surface area (Å²) in [6, 6.07) is 11.3. The van der Waals surface area contributed by atoms with E-state index in [1.165, 1.54) is 18.4 Å². The van der Waals surface area contributed by atoms with Crippen molar-refractivity contribution in [1.29, 1.82) is 0 Å². The highest BCUT2D eigenvalue weighted by Crippen LogP contribution is 2.38. The van der Waals surface area contributed by atoms with E-state index in [1.807, 2.05) is 6.07 Å². The van der Waals surface area contributed by atoms with Crippen LogP contribution in [0.25, 0.3) is 0 Å². The van der Waals surface area contributed by atoms with Crippen LogP contribution < -0.4 is 10.9 Å². The average molecular weight is 287 g/mol. The van der Waals surface area contributed by atoms with Crippen LogP contribution in [0.5, 0.6) is 0 Å². The number of unbranched alkanes of at least 4 members (excludes halogenated alkanes) is 1. The largest absolute Gasteiger partial charge is 0.411 e. The second-order valence-corrected chi connectivity index (χ2v) is 6.31. The van der Waals surface area contributed by atoms with Crippen LogP contribution in [0.2, 0.25) is 0 Å². The molecular formula is C17H25N3O. The molecule has 21 heavy (non-hydrogen) atoms. The highest BCUT2D eigenvalue weighted by molar-refractivity contribution is 5.89. The molecule has 2 aliphatic rings. The standard InChI is InChI=1S/C17H25N3O/c1-2-3-9-14-17-15(19-18-14)10-13(11-16(17)20-21)12-7-5-4-6-8-12/h4-8,13-15,17-19,21H,2-3,9-11H2,1H3/b20-16+. The minimum absolute atomic E-state index is 0.335. The Balaban J connectivity index is 1.76. The fraction of sp³-hybridized carbons (Fsp3) is 0.588. The summed E-state index contributed by atoms with van der Waals surface area (Å²) in [6.45, 7) is 2.22. The van der Waals surface area contributed by atoms with E-state index in [4.69, 9.17) is 0 Å². The van der Waals surface area contributed by atoms with Crippen molar-refractivity contribution in [3.05, 3.63) is 35.9 Å². The Labute approximate surface area is 126 Å². The van der Waals surface area contributed by atoms with Crippen molar-refractivity contribution in [2.24, 2.45) is 11.1 Å². The SMILES string of the molecule is CCCCC1NNC2CC(c3ccccc3)C/C(=N\O)C12. The van der Waals surface area contributed by atoms with E-state index >= 15 is 0 Å². The molecule has 0 amide bonds. The van der Waals surface area contributed by atoms with Crippen LogP contribution in [0.15, 0.2) is 35.5 Å². The number of nitrogens with one attached hydrogen (secondary N) is 2. The number of rotatable bonds is 4. The lowest BCUT2D eigenvalue weighted by Crippen LogP contribution is -2.41. The van der Waals surface area contributed by atoms with Crippen molar-refractivity contribution in [2.75, 3.05) is 0 Å². The van der Waals surface area contributed by atoms with Gasteiger partial charge in [-0.1, -0.05) is 55.3 Å². The van der Waals surface area contributed by atoms with Gasteiger partial charge in [-0.05, 0) is 30.7 Å². The number of benzene rings is 1. The Bertz CT molecular complexity index is 488. The molecule has 4 heteroatoms. The molecule has 1 saturated heterocycles. The van der Waals surface area contributed by atoms with Gasteiger partial charge in [-0.15, -0.1) is 0 Å². The maximum absolute atomic E-state index is 9.48. The minimum atomic E-state index is 0.335. The smallest absolute Gasteiger partial charge is 0.0639 e. The topological polar surface area (TPSA) is 56.7 Å². The predicted octanol–water partition coefficient (Wildman–Crippen LogP) is 3.05. The quantitative estimate of drug-likeness (QED) is 0.589. The number of nitrogens with zero attached hydrogens (tertiary/aromatic N) is 1. The molecule has 0 radical (unpaired) electrons. The average Bonchev–Trinajstić information content (AvgIpc) is 2.96. The first kappa shape index (κ1) is 14.5. The maximum Gasteiger partial charge on any atom is 0.0639 e. The summed E-state index contributed by atoms with van der Waals surface area (Å²) in [5, 5.41) is 13.1. The molecule has 1 aromatic carbocycles. The molecule has 1 saturated carbocycles. The summed E-state index contributed by atoms with van der Waals surface area (Å²) in [5.41, 5.74) is 9.17. The first-order valence-electron chi connectivity index (χ1n) is 8.10. The van der Waals surface area contributed by atoms with Crippen molar-refractivity contribution in [3.8, 4) is 0 Å². The Morgan fingerprint density at radius 3 is 2.76 bits per heavy atom. The van der Waals surface area contributed by atoms with E-state index in [9.17, 15) is 5.21 Å². The third kappa shape index (κ3) is 2.97. The Kier molecular flexibility index (Phi) is 4.56. The van der Waals surface area contributed by atoms with Crippen molar-refractivity contribution in [1.82, 2.24) is 10.9 Å². The monoisotopic (exact) mass is 287 g/mol. The van der Waals surface area contributed by atoms with Gasteiger partial charge < -0.3 is 5.21 Å². The van der Waals surface area contributed by atoms with E-state index in [2.05, 4.69) is 47.2 Å². The van der Waals surface area contributed by atoms with Gasteiger partial charge in [-0.25, -0.2) is 0 Å². The number of hydrazine groups is 1. The van der Waals surface area contributed by atoms with Crippen LogP contribution in [-0.2, 0) is 0 Å². The van der Waals surface area contributed by atoms with E-state index in [-0.39, 0.29) is 0 Å². The third-order valence-electron chi connectivity index (χ3n) is 4.97. The molecule has 4 atom stereocenters. The highest BCUT2D eigenvalue weighted by Gasteiger charge is 2.44. The third-order valence-corrected chi connectivity index (χ3v) is 4.97. The van der Waals surface area contributed by atoms with E-state index in [1.54, 1.807) is 0 Å². The van der Waals surface area contributed by atoms with E-state index in [0.717, 1.165) is 25.0 Å². The summed E-state index contributed by atoms with van der Waals surface area (Å²) < 4.78 is 0. The second kappa shape index (κ2) is 6.58. The van der Waals surface area contributed by atoms with Crippen LogP contribution >= 0.6 is 0 Å². The summed E-state index contributed by atoms with van der Waals surface area (Å²) in [7, 11) is 0. The lowest BCUT2D eigenvalue weighted by atomic mass is 9.72. The van der Waals surface area contributed by atoms with Gasteiger partial charge in [0.1, 0.15) is 0 Å². The highest BCUT2D eigenvalue weighted by atomic mass is 16.4. The molecule has 2 fully saturated rings. The molecule has 4 unspecified atom stereocenters. The number of hydrogen-bond acceptors (Lipinski definition) is 4.